The van der Waals surface area contributed by atoms with Gasteiger partial charge in [-0.2, -0.15) is 26.3 Å². The monoisotopic (exact) mass is 727 g/mol. The van der Waals surface area contributed by atoms with Crippen LogP contribution in [-0.2, 0) is 27.0 Å². The first kappa shape index (κ1) is 40.6. The molecule has 0 spiro atoms. The van der Waals surface area contributed by atoms with Crippen molar-refractivity contribution in [1.29, 1.82) is 10.8 Å². The summed E-state index contributed by atoms with van der Waals surface area (Å²) in [5.41, 5.74) is 11.7. The molecule has 51 heavy (non-hydrogen) atoms. The average Bonchev–Trinajstić information content (AvgIpc) is 3.08. The predicted octanol–water partition coefficient (Wildman–Crippen LogP) is 4.74. The van der Waals surface area contributed by atoms with Gasteiger partial charge in [0.05, 0.1) is 11.5 Å². The van der Waals surface area contributed by atoms with Gasteiger partial charge in [-0.25, -0.2) is 4.79 Å². The Morgan fingerprint density at radius 3 is 1.98 bits per heavy atom. The van der Waals surface area contributed by atoms with E-state index in [0.29, 0.717) is 30.8 Å². The zero-order valence-electron chi connectivity index (χ0n) is 27.7. The number of carboxylic acids is 1. The minimum absolute atomic E-state index is 0.0395. The van der Waals surface area contributed by atoms with Crippen LogP contribution in [0, 0.1) is 22.7 Å². The lowest BCUT2D eigenvalue weighted by molar-refractivity contribution is -0.192. The Hall–Kier alpha value is -4.83. The standard InChI is InChI=1S/C32H42F3N7O2.C2HF3O2/c33-32(34,35)25-8-4-7-24(18-25)26(17-20-9-11-23(12-10-20)28(36)37)29(43)41-27(22-5-2-1-3-6-22)30(44)40-19-21-13-15-42(16-14-21)31(38)39;3-2(4,5)1(6)7/h4,7-12,18,21-22,26-27H,1-3,5-6,13-17,19H2,(H3,36,37)(H3,38,39)(H,40,44)(H,41,43);(H,6,7)/t26?,27-;/m0./s1. The third-order valence-corrected chi connectivity index (χ3v) is 9.10. The minimum atomic E-state index is -5.08. The van der Waals surface area contributed by atoms with E-state index in [-0.39, 0.29) is 41.5 Å². The van der Waals surface area contributed by atoms with Gasteiger partial charge in [-0.3, -0.25) is 20.4 Å². The molecule has 2 amide bonds. The second kappa shape index (κ2) is 17.9. The lowest BCUT2D eigenvalue weighted by Crippen LogP contribution is -2.53. The number of nitrogens with one attached hydrogen (secondary N) is 4. The number of amidine groups is 1. The molecule has 9 N–H and O–H groups in total. The van der Waals surface area contributed by atoms with Crippen LogP contribution in [0.3, 0.4) is 0 Å². The van der Waals surface area contributed by atoms with Crippen molar-refractivity contribution < 1.29 is 45.8 Å². The van der Waals surface area contributed by atoms with Crippen molar-refractivity contribution in [2.45, 2.75) is 75.7 Å². The molecule has 11 nitrogen and oxygen atoms in total. The van der Waals surface area contributed by atoms with Crippen LogP contribution in [0.15, 0.2) is 48.5 Å². The summed E-state index contributed by atoms with van der Waals surface area (Å²) < 4.78 is 72.6. The molecule has 0 bridgehead atoms. The maximum atomic E-state index is 14.0. The second-order valence-corrected chi connectivity index (χ2v) is 12.7. The van der Waals surface area contributed by atoms with Crippen LogP contribution in [0.2, 0.25) is 0 Å². The molecule has 1 unspecified atom stereocenters. The molecule has 280 valence electrons. The Morgan fingerprint density at radius 1 is 0.882 bits per heavy atom. The molecule has 0 radical (unpaired) electrons. The van der Waals surface area contributed by atoms with E-state index < -0.39 is 41.8 Å². The van der Waals surface area contributed by atoms with E-state index in [1.165, 1.54) is 12.1 Å². The van der Waals surface area contributed by atoms with E-state index >= 15 is 0 Å². The molecule has 1 heterocycles. The Kier molecular flexibility index (Phi) is 14.2. The Balaban J connectivity index is 0.000000908. The molecule has 2 aliphatic rings. The summed E-state index contributed by atoms with van der Waals surface area (Å²) in [6, 6.07) is 10.6. The highest BCUT2D eigenvalue weighted by molar-refractivity contribution is 5.95. The van der Waals surface area contributed by atoms with Crippen molar-refractivity contribution in [2.24, 2.45) is 23.3 Å². The van der Waals surface area contributed by atoms with Crippen molar-refractivity contribution >= 4 is 29.6 Å². The smallest absolute Gasteiger partial charge is 0.475 e. The number of carbonyl (C=O) groups is 3. The van der Waals surface area contributed by atoms with E-state index in [1.54, 1.807) is 29.2 Å². The lowest BCUT2D eigenvalue weighted by atomic mass is 9.82. The van der Waals surface area contributed by atoms with Gasteiger partial charge in [0.15, 0.2) is 5.96 Å². The van der Waals surface area contributed by atoms with Crippen molar-refractivity contribution in [1.82, 2.24) is 15.5 Å². The number of halogens is 6. The van der Waals surface area contributed by atoms with Crippen molar-refractivity contribution in [2.75, 3.05) is 19.6 Å². The summed E-state index contributed by atoms with van der Waals surface area (Å²) in [5, 5.41) is 28.4. The van der Waals surface area contributed by atoms with E-state index in [2.05, 4.69) is 10.6 Å². The van der Waals surface area contributed by atoms with Crippen LogP contribution < -0.4 is 22.1 Å². The molecule has 1 aliphatic heterocycles. The maximum Gasteiger partial charge on any atom is 0.490 e. The number of rotatable bonds is 10. The first-order chi connectivity index (χ1) is 23.9. The quantitative estimate of drug-likeness (QED) is 0.104. The van der Waals surface area contributed by atoms with Crippen LogP contribution in [0.4, 0.5) is 26.3 Å². The number of hydrogen-bond donors (Lipinski definition) is 7. The third kappa shape index (κ3) is 12.5. The van der Waals surface area contributed by atoms with Crippen LogP contribution in [0.25, 0.3) is 0 Å². The first-order valence-corrected chi connectivity index (χ1v) is 16.4. The summed E-state index contributed by atoms with van der Waals surface area (Å²) in [4.78, 5) is 38.3. The normalized spacial score (nSPS) is 16.9. The Labute approximate surface area is 291 Å². The molecular weight excluding hydrogens is 684 g/mol. The highest BCUT2D eigenvalue weighted by Gasteiger charge is 2.38. The molecule has 2 atom stereocenters. The van der Waals surface area contributed by atoms with Crippen molar-refractivity contribution in [3.63, 3.8) is 0 Å². The average molecular weight is 728 g/mol. The largest absolute Gasteiger partial charge is 0.490 e. The van der Waals surface area contributed by atoms with Gasteiger partial charge in [-0.05, 0) is 61.1 Å². The summed E-state index contributed by atoms with van der Waals surface area (Å²) >= 11 is 0. The number of hydrogen-bond acceptors (Lipinski definition) is 5. The number of nitrogens with two attached hydrogens (primary N) is 2. The molecule has 1 aliphatic carbocycles. The second-order valence-electron chi connectivity index (χ2n) is 12.7. The van der Waals surface area contributed by atoms with Crippen LogP contribution in [0.1, 0.15) is 73.1 Å². The third-order valence-electron chi connectivity index (χ3n) is 9.10. The van der Waals surface area contributed by atoms with Crippen molar-refractivity contribution in [3.8, 4) is 0 Å². The molecule has 2 aromatic carbocycles. The number of nitrogen functional groups attached to an aromatic ring is 1. The lowest BCUT2D eigenvalue weighted by Gasteiger charge is -2.34. The number of guanidine groups is 1. The number of likely N-dealkylation sites (tertiary alicyclic amines) is 1. The number of nitrogens with zero attached hydrogens (tertiary/aromatic N) is 1. The fourth-order valence-electron chi connectivity index (χ4n) is 6.20. The summed E-state index contributed by atoms with van der Waals surface area (Å²) in [7, 11) is 0. The van der Waals surface area contributed by atoms with Gasteiger partial charge in [-0.15, -0.1) is 0 Å². The summed E-state index contributed by atoms with van der Waals surface area (Å²) in [6.45, 7) is 1.72. The van der Waals surface area contributed by atoms with Crippen molar-refractivity contribution in [3.05, 3.63) is 70.8 Å². The molecule has 2 aromatic rings. The van der Waals surface area contributed by atoms with Gasteiger partial charge >= 0.3 is 18.3 Å². The van der Waals surface area contributed by atoms with Gasteiger partial charge in [0.1, 0.15) is 11.9 Å². The number of carboxylic acid groups (broad SMARTS) is 1. The van der Waals surface area contributed by atoms with E-state index in [0.717, 1.165) is 57.1 Å². The number of alkyl halides is 6. The molecule has 4 rings (SSSR count). The van der Waals surface area contributed by atoms with Gasteiger partial charge in [0, 0.05) is 25.2 Å². The minimum Gasteiger partial charge on any atom is -0.475 e. The summed E-state index contributed by atoms with van der Waals surface area (Å²) in [6.07, 6.45) is -3.53. The maximum absolute atomic E-state index is 14.0. The highest BCUT2D eigenvalue weighted by Crippen LogP contribution is 2.33. The number of aliphatic carboxylic acids is 1. The number of amides is 2. The van der Waals surface area contributed by atoms with E-state index in [1.807, 2.05) is 0 Å². The van der Waals surface area contributed by atoms with Gasteiger partial charge < -0.3 is 32.1 Å². The van der Waals surface area contributed by atoms with Gasteiger partial charge in [-0.1, -0.05) is 61.7 Å². The van der Waals surface area contributed by atoms with E-state index in [9.17, 15) is 35.9 Å². The zero-order chi connectivity index (χ0) is 37.9. The fraction of sp³-hybridized carbons (Fsp3) is 0.500. The molecular formula is C34H43F6N7O4. The molecule has 1 saturated heterocycles. The van der Waals surface area contributed by atoms with E-state index in [4.69, 9.17) is 32.2 Å². The number of carbonyl (C=O) groups excluding carboxylic acids is 2. The summed E-state index contributed by atoms with van der Waals surface area (Å²) in [5.74, 6) is -4.49. The van der Waals surface area contributed by atoms with Gasteiger partial charge in [0.25, 0.3) is 0 Å². The zero-order valence-corrected chi connectivity index (χ0v) is 27.7. The number of piperidine rings is 1. The number of benzene rings is 2. The molecule has 0 aromatic heterocycles. The highest BCUT2D eigenvalue weighted by atomic mass is 19.4. The Bertz CT molecular complexity index is 1520. The fourth-order valence-corrected chi connectivity index (χ4v) is 6.20. The molecule has 2 fully saturated rings. The van der Waals surface area contributed by atoms with Crippen LogP contribution in [-0.4, -0.2) is 71.4 Å². The molecule has 17 heteroatoms. The van der Waals surface area contributed by atoms with Crippen LogP contribution >= 0.6 is 0 Å². The van der Waals surface area contributed by atoms with Gasteiger partial charge in [0.2, 0.25) is 11.8 Å². The molecule has 1 saturated carbocycles. The first-order valence-electron chi connectivity index (χ1n) is 16.4. The Morgan fingerprint density at radius 2 is 1.47 bits per heavy atom. The predicted molar refractivity (Wildman–Crippen MR) is 177 cm³/mol. The van der Waals surface area contributed by atoms with Crippen LogP contribution in [0.5, 0.6) is 0 Å². The topological polar surface area (TPSA) is 198 Å². The SMILES string of the molecule is N=C(N)c1ccc(CC(C(=O)N[C@H](C(=O)NCC2CCN(C(=N)N)CC2)C2CCCCC2)c2cccc(C(F)(F)F)c2)cc1.O=C(O)C(F)(F)F.